The SMILES string of the molecule is CC(C)C(=C/N)/C=C(\N)Nc1ccc2ncc(B3OC(C)(C)C(C)(C)O3)cc2n1. The molecule has 8 heteroatoms. The van der Waals surface area contributed by atoms with Crippen LogP contribution in [-0.2, 0) is 9.31 Å². The Kier molecular flexibility index (Phi) is 5.60. The van der Waals surface area contributed by atoms with Crippen molar-refractivity contribution in [1.82, 2.24) is 9.97 Å². The summed E-state index contributed by atoms with van der Waals surface area (Å²) in [5.74, 6) is 1.37. The quantitative estimate of drug-likeness (QED) is 0.528. The van der Waals surface area contributed by atoms with Crippen molar-refractivity contribution >= 4 is 29.4 Å². The Bertz CT molecular complexity index is 953. The standard InChI is InChI=1S/C21H30BN5O2/c1-13(2)14(11-23)9-18(24)27-19-8-7-16-17(26-19)10-15(12-25-16)22-28-20(3,4)21(5,6)29-22/h7-13H,23-24H2,1-6H3,(H,26,27)/b14-11+,18-9+. The molecule has 0 amide bonds. The fourth-order valence-corrected chi connectivity index (χ4v) is 2.97. The summed E-state index contributed by atoms with van der Waals surface area (Å²) < 4.78 is 12.2. The lowest BCUT2D eigenvalue weighted by Crippen LogP contribution is -2.41. The van der Waals surface area contributed by atoms with E-state index in [0.717, 1.165) is 22.1 Å². The average molecular weight is 395 g/mol. The molecule has 3 rings (SSSR count). The number of nitrogens with two attached hydrogens (primary N) is 2. The van der Waals surface area contributed by atoms with Crippen LogP contribution in [0.25, 0.3) is 11.0 Å². The summed E-state index contributed by atoms with van der Waals surface area (Å²) in [4.78, 5) is 9.15. The first-order chi connectivity index (χ1) is 13.5. The molecule has 154 valence electrons. The van der Waals surface area contributed by atoms with Crippen molar-refractivity contribution < 1.29 is 9.31 Å². The highest BCUT2D eigenvalue weighted by atomic mass is 16.7. The van der Waals surface area contributed by atoms with E-state index in [1.54, 1.807) is 12.4 Å². The van der Waals surface area contributed by atoms with Crippen LogP contribution in [0, 0.1) is 5.92 Å². The molecule has 2 aromatic heterocycles. The lowest BCUT2D eigenvalue weighted by atomic mass is 9.80. The molecule has 0 saturated carbocycles. The number of nitrogens with zero attached hydrogens (tertiary/aromatic N) is 2. The molecule has 0 aliphatic carbocycles. The smallest absolute Gasteiger partial charge is 0.404 e. The maximum atomic E-state index is 6.12. The highest BCUT2D eigenvalue weighted by molar-refractivity contribution is 6.62. The lowest BCUT2D eigenvalue weighted by Gasteiger charge is -2.32. The summed E-state index contributed by atoms with van der Waals surface area (Å²) >= 11 is 0. The summed E-state index contributed by atoms with van der Waals surface area (Å²) in [5, 5.41) is 3.11. The second-order valence-corrected chi connectivity index (χ2v) is 8.64. The van der Waals surface area contributed by atoms with Gasteiger partial charge in [0, 0.05) is 11.7 Å². The molecule has 1 saturated heterocycles. The molecule has 0 atom stereocenters. The molecule has 1 fully saturated rings. The third-order valence-electron chi connectivity index (χ3n) is 5.54. The van der Waals surface area contributed by atoms with Gasteiger partial charge >= 0.3 is 7.12 Å². The zero-order chi connectivity index (χ0) is 21.4. The molecule has 7 nitrogen and oxygen atoms in total. The molecule has 1 aliphatic heterocycles. The second-order valence-electron chi connectivity index (χ2n) is 8.64. The van der Waals surface area contributed by atoms with Gasteiger partial charge in [-0.1, -0.05) is 13.8 Å². The van der Waals surface area contributed by atoms with Crippen molar-refractivity contribution in [2.45, 2.75) is 52.7 Å². The minimum Gasteiger partial charge on any atom is -0.404 e. The van der Waals surface area contributed by atoms with Gasteiger partial charge in [-0.3, -0.25) is 4.98 Å². The maximum Gasteiger partial charge on any atom is 0.496 e. The number of fused-ring (bicyclic) bond motifs is 1. The van der Waals surface area contributed by atoms with E-state index in [-0.39, 0.29) is 5.92 Å². The molecule has 0 radical (unpaired) electrons. The zero-order valence-electron chi connectivity index (χ0n) is 18.0. The van der Waals surface area contributed by atoms with Gasteiger partial charge in [-0.05, 0) is 69.7 Å². The molecule has 2 aromatic rings. The predicted octanol–water partition coefficient (Wildman–Crippen LogP) is 2.64. The van der Waals surface area contributed by atoms with E-state index in [9.17, 15) is 0 Å². The number of aromatic nitrogens is 2. The van der Waals surface area contributed by atoms with E-state index in [2.05, 4.69) is 29.1 Å². The average Bonchev–Trinajstić information content (AvgIpc) is 2.86. The summed E-state index contributed by atoms with van der Waals surface area (Å²) in [6.07, 6.45) is 5.15. The van der Waals surface area contributed by atoms with Crippen molar-refractivity contribution in [3.8, 4) is 0 Å². The lowest BCUT2D eigenvalue weighted by molar-refractivity contribution is 0.00578. The minimum atomic E-state index is -0.483. The number of hydrogen-bond acceptors (Lipinski definition) is 7. The fourth-order valence-electron chi connectivity index (χ4n) is 2.97. The van der Waals surface area contributed by atoms with Crippen LogP contribution in [0.2, 0.25) is 0 Å². The van der Waals surface area contributed by atoms with E-state index in [0.29, 0.717) is 11.6 Å². The minimum absolute atomic E-state index is 0.275. The van der Waals surface area contributed by atoms with Gasteiger partial charge in [0.25, 0.3) is 0 Å². The van der Waals surface area contributed by atoms with Crippen LogP contribution in [0.15, 0.2) is 48.1 Å². The van der Waals surface area contributed by atoms with Crippen molar-refractivity contribution in [3.63, 3.8) is 0 Å². The van der Waals surface area contributed by atoms with Gasteiger partial charge in [-0.25, -0.2) is 4.98 Å². The van der Waals surface area contributed by atoms with Gasteiger partial charge in [0.1, 0.15) is 11.6 Å². The van der Waals surface area contributed by atoms with Crippen LogP contribution in [0.4, 0.5) is 5.82 Å². The van der Waals surface area contributed by atoms with Crippen molar-refractivity contribution in [3.05, 3.63) is 48.1 Å². The predicted molar refractivity (Wildman–Crippen MR) is 118 cm³/mol. The van der Waals surface area contributed by atoms with Crippen molar-refractivity contribution in [2.75, 3.05) is 5.32 Å². The first kappa shape index (κ1) is 21.1. The molecular formula is C21H30BN5O2. The van der Waals surface area contributed by atoms with Crippen molar-refractivity contribution in [2.24, 2.45) is 17.4 Å². The highest BCUT2D eigenvalue weighted by Gasteiger charge is 2.51. The molecule has 0 aromatic carbocycles. The Labute approximate surface area is 172 Å². The van der Waals surface area contributed by atoms with Crippen LogP contribution >= 0.6 is 0 Å². The second kappa shape index (κ2) is 7.69. The molecular weight excluding hydrogens is 365 g/mol. The van der Waals surface area contributed by atoms with Gasteiger partial charge in [0.2, 0.25) is 0 Å². The number of allylic oxidation sites excluding steroid dienone is 2. The summed E-state index contributed by atoms with van der Waals surface area (Å²) in [5.41, 5.74) is 14.2. The molecule has 5 N–H and O–H groups in total. The summed E-state index contributed by atoms with van der Waals surface area (Å²) in [6, 6.07) is 5.68. The summed E-state index contributed by atoms with van der Waals surface area (Å²) in [7, 11) is -0.483. The third kappa shape index (κ3) is 4.38. The molecule has 3 heterocycles. The Hall–Kier alpha value is -2.58. The fraction of sp³-hybridized carbons (Fsp3) is 0.429. The molecule has 29 heavy (non-hydrogen) atoms. The van der Waals surface area contributed by atoms with E-state index in [1.807, 2.05) is 52.0 Å². The third-order valence-corrected chi connectivity index (χ3v) is 5.54. The van der Waals surface area contributed by atoms with E-state index in [1.165, 1.54) is 0 Å². The Morgan fingerprint density at radius 2 is 1.79 bits per heavy atom. The monoisotopic (exact) mass is 395 g/mol. The topological polar surface area (TPSA) is 108 Å². The first-order valence-corrected chi connectivity index (χ1v) is 9.81. The Morgan fingerprint density at radius 1 is 1.14 bits per heavy atom. The first-order valence-electron chi connectivity index (χ1n) is 9.81. The maximum absolute atomic E-state index is 6.12. The van der Waals surface area contributed by atoms with Gasteiger partial charge in [-0.15, -0.1) is 0 Å². The normalized spacial score (nSPS) is 19.2. The van der Waals surface area contributed by atoms with Gasteiger partial charge in [-0.2, -0.15) is 0 Å². The Balaban J connectivity index is 1.86. The highest BCUT2D eigenvalue weighted by Crippen LogP contribution is 2.36. The summed E-state index contributed by atoms with van der Waals surface area (Å²) in [6.45, 7) is 12.2. The molecule has 0 unspecified atom stereocenters. The number of nitrogens with one attached hydrogen (secondary N) is 1. The Morgan fingerprint density at radius 3 is 2.38 bits per heavy atom. The van der Waals surface area contributed by atoms with E-state index in [4.69, 9.17) is 20.8 Å². The number of hydrogen-bond donors (Lipinski definition) is 3. The van der Waals surface area contributed by atoms with Crippen LogP contribution in [-0.4, -0.2) is 28.3 Å². The van der Waals surface area contributed by atoms with E-state index >= 15 is 0 Å². The van der Waals surface area contributed by atoms with Crippen LogP contribution < -0.4 is 22.2 Å². The van der Waals surface area contributed by atoms with Crippen molar-refractivity contribution in [1.29, 1.82) is 0 Å². The van der Waals surface area contributed by atoms with Crippen LogP contribution in [0.5, 0.6) is 0 Å². The zero-order valence-corrected chi connectivity index (χ0v) is 18.0. The number of anilines is 1. The molecule has 0 bridgehead atoms. The van der Waals surface area contributed by atoms with Gasteiger partial charge < -0.3 is 26.1 Å². The largest absolute Gasteiger partial charge is 0.496 e. The van der Waals surface area contributed by atoms with Gasteiger partial charge in [0.05, 0.1) is 22.2 Å². The molecule has 0 spiro atoms. The van der Waals surface area contributed by atoms with Crippen LogP contribution in [0.1, 0.15) is 41.5 Å². The number of rotatable bonds is 5. The number of pyridine rings is 2. The van der Waals surface area contributed by atoms with Crippen LogP contribution in [0.3, 0.4) is 0 Å². The van der Waals surface area contributed by atoms with Gasteiger partial charge in [0.15, 0.2) is 0 Å². The van der Waals surface area contributed by atoms with E-state index < -0.39 is 18.3 Å². The molecule has 1 aliphatic rings.